The molecule has 6 heteroatoms. The maximum absolute atomic E-state index is 13.5. The number of hydrogen-bond acceptors (Lipinski definition) is 5. The Morgan fingerprint density at radius 3 is 2.48 bits per heavy atom. The third-order valence-electron chi connectivity index (χ3n) is 4.36. The maximum atomic E-state index is 13.5. The van der Waals surface area contributed by atoms with Crippen molar-refractivity contribution in [2.45, 2.75) is 34.6 Å². The fourth-order valence-corrected chi connectivity index (χ4v) is 3.19. The van der Waals surface area contributed by atoms with Crippen molar-refractivity contribution in [1.29, 1.82) is 0 Å². The SMILES string of the molecule is COCCNc1ncc(C(=O)N(CC(C)C)CC(C)C)c(-c2cccc(C)c2)n1.[HH]. The van der Waals surface area contributed by atoms with E-state index in [9.17, 15) is 4.79 Å². The van der Waals surface area contributed by atoms with Gasteiger partial charge in [0.25, 0.3) is 5.91 Å². The van der Waals surface area contributed by atoms with E-state index >= 15 is 0 Å². The van der Waals surface area contributed by atoms with Gasteiger partial charge >= 0.3 is 0 Å². The zero-order valence-corrected chi connectivity index (χ0v) is 18.5. The molecule has 0 aliphatic heterocycles. The van der Waals surface area contributed by atoms with Gasteiger partial charge in [-0.1, -0.05) is 51.5 Å². The molecule has 0 saturated carbocycles. The molecule has 0 radical (unpaired) electrons. The van der Waals surface area contributed by atoms with Gasteiger partial charge in [0.1, 0.15) is 0 Å². The van der Waals surface area contributed by atoms with E-state index in [4.69, 9.17) is 9.72 Å². The van der Waals surface area contributed by atoms with Crippen LogP contribution in [0.3, 0.4) is 0 Å². The molecule has 2 rings (SSSR count). The average molecular weight is 401 g/mol. The zero-order chi connectivity index (χ0) is 21.4. The highest BCUT2D eigenvalue weighted by molar-refractivity contribution is 5.99. The molecule has 0 spiro atoms. The number of benzene rings is 1. The molecular weight excluding hydrogens is 364 g/mol. The van der Waals surface area contributed by atoms with Crippen molar-refractivity contribution >= 4 is 11.9 Å². The van der Waals surface area contributed by atoms with Gasteiger partial charge in [0.05, 0.1) is 17.9 Å². The molecule has 0 aliphatic rings. The molecule has 0 bridgehead atoms. The number of aryl methyl sites for hydroxylation is 1. The van der Waals surface area contributed by atoms with Crippen LogP contribution in [0.25, 0.3) is 11.3 Å². The number of nitrogens with zero attached hydrogens (tertiary/aromatic N) is 3. The number of amides is 1. The van der Waals surface area contributed by atoms with Crippen LogP contribution in [0.5, 0.6) is 0 Å². The summed E-state index contributed by atoms with van der Waals surface area (Å²) in [5, 5.41) is 3.16. The second-order valence-electron chi connectivity index (χ2n) is 8.24. The predicted molar refractivity (Wildman–Crippen MR) is 120 cm³/mol. The van der Waals surface area contributed by atoms with Crippen LogP contribution in [0.1, 0.15) is 45.0 Å². The Bertz CT molecular complexity index is 802. The smallest absolute Gasteiger partial charge is 0.257 e. The molecule has 1 aromatic heterocycles. The fraction of sp³-hybridized carbons (Fsp3) is 0.522. The number of anilines is 1. The van der Waals surface area contributed by atoms with Crippen LogP contribution in [-0.2, 0) is 4.74 Å². The molecule has 1 heterocycles. The Hall–Kier alpha value is -2.47. The number of carbonyl (C=O) groups excluding carboxylic acids is 1. The highest BCUT2D eigenvalue weighted by Gasteiger charge is 2.23. The first-order chi connectivity index (χ1) is 13.8. The largest absolute Gasteiger partial charge is 0.383 e. The topological polar surface area (TPSA) is 67.3 Å². The van der Waals surface area contributed by atoms with Crippen molar-refractivity contribution in [2.75, 3.05) is 38.7 Å². The molecule has 160 valence electrons. The van der Waals surface area contributed by atoms with Gasteiger partial charge in [0.15, 0.2) is 0 Å². The average Bonchev–Trinajstić information content (AvgIpc) is 2.66. The van der Waals surface area contributed by atoms with Crippen molar-refractivity contribution in [2.24, 2.45) is 11.8 Å². The van der Waals surface area contributed by atoms with Gasteiger partial charge in [-0.15, -0.1) is 0 Å². The highest BCUT2D eigenvalue weighted by atomic mass is 16.5. The molecule has 29 heavy (non-hydrogen) atoms. The predicted octanol–water partition coefficient (Wildman–Crippen LogP) is 4.51. The maximum Gasteiger partial charge on any atom is 0.257 e. The van der Waals surface area contributed by atoms with Crippen LogP contribution in [-0.4, -0.2) is 54.1 Å². The summed E-state index contributed by atoms with van der Waals surface area (Å²) in [6, 6.07) is 8.06. The summed E-state index contributed by atoms with van der Waals surface area (Å²) < 4.78 is 5.08. The molecule has 0 aliphatic carbocycles. The number of ether oxygens (including phenoxy) is 1. The number of carbonyl (C=O) groups is 1. The van der Waals surface area contributed by atoms with Gasteiger partial charge in [-0.25, -0.2) is 9.97 Å². The highest BCUT2D eigenvalue weighted by Crippen LogP contribution is 2.25. The third-order valence-corrected chi connectivity index (χ3v) is 4.36. The lowest BCUT2D eigenvalue weighted by atomic mass is 10.0. The van der Waals surface area contributed by atoms with Crippen molar-refractivity contribution in [1.82, 2.24) is 14.9 Å². The second kappa shape index (κ2) is 10.9. The minimum absolute atomic E-state index is 0. The van der Waals surface area contributed by atoms with Crippen molar-refractivity contribution in [3.63, 3.8) is 0 Å². The quantitative estimate of drug-likeness (QED) is 0.594. The lowest BCUT2D eigenvalue weighted by molar-refractivity contribution is 0.0715. The number of nitrogens with one attached hydrogen (secondary N) is 1. The fourth-order valence-electron chi connectivity index (χ4n) is 3.19. The minimum atomic E-state index is -0.0210. The number of rotatable bonds is 10. The van der Waals surface area contributed by atoms with Gasteiger partial charge in [0.2, 0.25) is 5.95 Å². The van der Waals surface area contributed by atoms with Crippen LogP contribution in [0.4, 0.5) is 5.95 Å². The van der Waals surface area contributed by atoms with E-state index in [1.165, 1.54) is 0 Å². The van der Waals surface area contributed by atoms with Crippen LogP contribution in [0.2, 0.25) is 0 Å². The summed E-state index contributed by atoms with van der Waals surface area (Å²) >= 11 is 0. The van der Waals surface area contributed by atoms with Gasteiger partial charge in [0, 0.05) is 39.9 Å². The molecule has 0 fully saturated rings. The van der Waals surface area contributed by atoms with E-state index in [1.807, 2.05) is 36.1 Å². The molecule has 0 saturated heterocycles. The minimum Gasteiger partial charge on any atom is -0.383 e. The van der Waals surface area contributed by atoms with Crippen LogP contribution in [0.15, 0.2) is 30.5 Å². The number of hydrogen-bond donors (Lipinski definition) is 1. The Morgan fingerprint density at radius 2 is 1.90 bits per heavy atom. The molecule has 1 amide bonds. The van der Waals surface area contributed by atoms with E-state index < -0.39 is 0 Å². The van der Waals surface area contributed by atoms with Crippen molar-refractivity contribution < 1.29 is 11.0 Å². The van der Waals surface area contributed by atoms with E-state index in [2.05, 4.69) is 38.0 Å². The molecule has 2 aromatic rings. The third kappa shape index (κ3) is 6.82. The normalized spacial score (nSPS) is 11.2. The molecular formula is C23H36N4O2. The molecule has 1 N–H and O–H groups in total. The molecule has 0 atom stereocenters. The van der Waals surface area contributed by atoms with Gasteiger partial charge in [-0.05, 0) is 24.8 Å². The first-order valence-corrected chi connectivity index (χ1v) is 10.3. The summed E-state index contributed by atoms with van der Waals surface area (Å²) in [6.45, 7) is 13.1. The van der Waals surface area contributed by atoms with Gasteiger partial charge < -0.3 is 15.0 Å². The lowest BCUT2D eigenvalue weighted by Crippen LogP contribution is -2.37. The van der Waals surface area contributed by atoms with E-state index in [0.29, 0.717) is 55.3 Å². The Labute approximate surface area is 176 Å². The molecule has 6 nitrogen and oxygen atoms in total. The van der Waals surface area contributed by atoms with E-state index in [0.717, 1.165) is 11.1 Å². The Morgan fingerprint density at radius 1 is 1.21 bits per heavy atom. The molecule has 1 aromatic carbocycles. The van der Waals surface area contributed by atoms with Crippen molar-refractivity contribution in [3.8, 4) is 11.3 Å². The van der Waals surface area contributed by atoms with Gasteiger partial charge in [-0.3, -0.25) is 4.79 Å². The summed E-state index contributed by atoms with van der Waals surface area (Å²) in [5.41, 5.74) is 3.23. The summed E-state index contributed by atoms with van der Waals surface area (Å²) in [7, 11) is 1.65. The standard InChI is InChI=1S/C23H34N4O2.H2/c1-16(2)14-27(15-17(3)4)22(28)20-13-25-23(24-10-11-29-6)26-21(20)19-9-7-8-18(5)12-19;/h7-9,12-13,16-17H,10-11,14-15H2,1-6H3,(H,24,25,26);1H. The second-order valence-corrected chi connectivity index (χ2v) is 8.24. The summed E-state index contributed by atoms with van der Waals surface area (Å²) in [5.74, 6) is 1.24. The van der Waals surface area contributed by atoms with E-state index in [1.54, 1.807) is 13.3 Å². The first kappa shape index (κ1) is 22.8. The Balaban J connectivity index is 0.00000450. The van der Waals surface area contributed by atoms with Crippen LogP contribution >= 0.6 is 0 Å². The van der Waals surface area contributed by atoms with Crippen LogP contribution in [0, 0.1) is 18.8 Å². The zero-order valence-electron chi connectivity index (χ0n) is 18.5. The monoisotopic (exact) mass is 400 g/mol. The molecule has 0 unspecified atom stereocenters. The summed E-state index contributed by atoms with van der Waals surface area (Å²) in [6.07, 6.45) is 1.65. The summed E-state index contributed by atoms with van der Waals surface area (Å²) in [4.78, 5) is 24.5. The van der Waals surface area contributed by atoms with Gasteiger partial charge in [-0.2, -0.15) is 0 Å². The van der Waals surface area contributed by atoms with Crippen LogP contribution < -0.4 is 5.32 Å². The van der Waals surface area contributed by atoms with Crippen molar-refractivity contribution in [3.05, 3.63) is 41.6 Å². The number of aromatic nitrogens is 2. The van der Waals surface area contributed by atoms with E-state index in [-0.39, 0.29) is 7.33 Å². The number of methoxy groups -OCH3 is 1. The lowest BCUT2D eigenvalue weighted by Gasteiger charge is -2.27. The Kier molecular flexibility index (Phi) is 8.58. The first-order valence-electron chi connectivity index (χ1n) is 10.3.